The summed E-state index contributed by atoms with van der Waals surface area (Å²) in [6.07, 6.45) is -5.18. The van der Waals surface area contributed by atoms with E-state index in [9.17, 15) is 27.6 Å². The van der Waals surface area contributed by atoms with E-state index in [1.807, 2.05) is 0 Å². The van der Waals surface area contributed by atoms with Gasteiger partial charge in [-0.25, -0.2) is 4.79 Å². The van der Waals surface area contributed by atoms with Gasteiger partial charge in [-0.1, -0.05) is 6.07 Å². The Kier molecular flexibility index (Phi) is 8.34. The van der Waals surface area contributed by atoms with Gasteiger partial charge < -0.3 is 24.6 Å². The average molecular weight is 459 g/mol. The summed E-state index contributed by atoms with van der Waals surface area (Å²) in [5.41, 5.74) is -0.931. The summed E-state index contributed by atoms with van der Waals surface area (Å²) >= 11 is 0. The topological polar surface area (TPSA) is 88.2 Å². The summed E-state index contributed by atoms with van der Waals surface area (Å²) in [7, 11) is 0. The van der Waals surface area contributed by atoms with Crippen molar-refractivity contribution < 1.29 is 37.0 Å². The fourth-order valence-electron chi connectivity index (χ4n) is 2.98. The Bertz CT molecular complexity index is 816. The monoisotopic (exact) mass is 459 g/mol. The molecule has 0 saturated carbocycles. The molecule has 1 aliphatic rings. The third-order valence-electron chi connectivity index (χ3n) is 4.52. The van der Waals surface area contributed by atoms with Gasteiger partial charge in [-0.2, -0.15) is 13.2 Å². The molecule has 0 radical (unpaired) electrons. The van der Waals surface area contributed by atoms with Crippen LogP contribution >= 0.6 is 0 Å². The Balaban J connectivity index is 1.71. The summed E-state index contributed by atoms with van der Waals surface area (Å²) < 4.78 is 48.7. The Morgan fingerprint density at radius 3 is 2.31 bits per heavy atom. The molecule has 0 aromatic heterocycles. The quantitative estimate of drug-likeness (QED) is 0.659. The van der Waals surface area contributed by atoms with E-state index < -0.39 is 36.0 Å². The number of rotatable bonds is 6. The molecule has 0 atom stereocenters. The van der Waals surface area contributed by atoms with Gasteiger partial charge in [0.1, 0.15) is 5.60 Å². The van der Waals surface area contributed by atoms with Crippen LogP contribution in [0.4, 0.5) is 23.7 Å². The molecule has 1 saturated heterocycles. The zero-order valence-electron chi connectivity index (χ0n) is 18.3. The van der Waals surface area contributed by atoms with Crippen LogP contribution in [0, 0.1) is 0 Å². The number of nitrogens with one attached hydrogen (secondary N) is 1. The zero-order chi connectivity index (χ0) is 23.9. The molecule has 1 N–H and O–H groups in total. The van der Waals surface area contributed by atoms with Gasteiger partial charge in [0.05, 0.1) is 12.0 Å². The number of carbonyl (C=O) groups is 3. The third kappa shape index (κ3) is 8.27. The molecule has 1 aromatic carbocycles. The SMILES string of the molecule is CC(C)(C)OC(=O)NCCC(=O)OCC(=O)N1CCN(c2cccc(C(F)(F)F)c2)CC1. The van der Waals surface area contributed by atoms with Crippen LogP contribution in [-0.4, -0.2) is 67.8 Å². The summed E-state index contributed by atoms with van der Waals surface area (Å²) in [5.74, 6) is -1.03. The highest BCUT2D eigenvalue weighted by Crippen LogP contribution is 2.31. The first-order valence-electron chi connectivity index (χ1n) is 10.2. The van der Waals surface area contributed by atoms with Crippen LogP contribution in [-0.2, 0) is 25.2 Å². The van der Waals surface area contributed by atoms with E-state index in [0.29, 0.717) is 31.9 Å². The van der Waals surface area contributed by atoms with E-state index in [2.05, 4.69) is 5.32 Å². The number of alkyl carbamates (subject to hydrolysis) is 1. The lowest BCUT2D eigenvalue weighted by atomic mass is 10.1. The van der Waals surface area contributed by atoms with Gasteiger partial charge in [0.25, 0.3) is 5.91 Å². The molecule has 8 nitrogen and oxygen atoms in total. The Hall–Kier alpha value is -2.98. The Labute approximate surface area is 184 Å². The number of esters is 1. The molecule has 1 aliphatic heterocycles. The van der Waals surface area contributed by atoms with E-state index in [1.165, 1.54) is 11.0 Å². The first-order valence-corrected chi connectivity index (χ1v) is 10.2. The first kappa shape index (κ1) is 25.3. The summed E-state index contributed by atoms with van der Waals surface area (Å²) in [6.45, 7) is 6.04. The van der Waals surface area contributed by atoms with Crippen LogP contribution in [0.2, 0.25) is 0 Å². The standard InChI is InChI=1S/C21H28F3N3O5/c1-20(2,3)32-19(30)25-8-7-18(29)31-14-17(28)27-11-9-26(10-12-27)16-6-4-5-15(13-16)21(22,23)24/h4-6,13H,7-12,14H2,1-3H3,(H,25,30). The van der Waals surface area contributed by atoms with Crippen molar-refractivity contribution in [3.8, 4) is 0 Å². The molecular weight excluding hydrogens is 431 g/mol. The van der Waals surface area contributed by atoms with E-state index >= 15 is 0 Å². The molecule has 11 heteroatoms. The van der Waals surface area contributed by atoms with Gasteiger partial charge in [-0.05, 0) is 39.0 Å². The molecule has 1 heterocycles. The van der Waals surface area contributed by atoms with Crippen LogP contribution in [0.15, 0.2) is 24.3 Å². The maximum atomic E-state index is 12.9. The first-order chi connectivity index (χ1) is 14.8. The lowest BCUT2D eigenvalue weighted by Gasteiger charge is -2.36. The number of halogens is 3. The molecular formula is C21H28F3N3O5. The number of hydrogen-bond acceptors (Lipinski definition) is 6. The maximum absolute atomic E-state index is 12.9. The van der Waals surface area contributed by atoms with Crippen LogP contribution in [0.25, 0.3) is 0 Å². The summed E-state index contributed by atoms with van der Waals surface area (Å²) in [4.78, 5) is 38.8. The normalized spacial score (nSPS) is 14.7. The number of amides is 2. The fourth-order valence-corrected chi connectivity index (χ4v) is 2.98. The number of anilines is 1. The number of benzene rings is 1. The van der Waals surface area contributed by atoms with Gasteiger partial charge in [-0.15, -0.1) is 0 Å². The number of piperazine rings is 1. The molecule has 0 unspecified atom stereocenters. The highest BCUT2D eigenvalue weighted by Gasteiger charge is 2.31. The lowest BCUT2D eigenvalue weighted by Crippen LogP contribution is -2.50. The minimum atomic E-state index is -4.42. The zero-order valence-corrected chi connectivity index (χ0v) is 18.3. The maximum Gasteiger partial charge on any atom is 0.416 e. The van der Waals surface area contributed by atoms with Crippen LogP contribution in [0.5, 0.6) is 0 Å². The van der Waals surface area contributed by atoms with Crippen LogP contribution in [0.3, 0.4) is 0 Å². The van der Waals surface area contributed by atoms with Crippen molar-refractivity contribution in [2.75, 3.05) is 44.2 Å². The molecule has 32 heavy (non-hydrogen) atoms. The molecule has 0 spiro atoms. The molecule has 2 rings (SSSR count). The van der Waals surface area contributed by atoms with Gasteiger partial charge in [0.2, 0.25) is 0 Å². The predicted octanol–water partition coefficient (Wildman–Crippen LogP) is 2.81. The molecule has 2 amide bonds. The second-order valence-electron chi connectivity index (χ2n) is 8.26. The third-order valence-corrected chi connectivity index (χ3v) is 4.52. The van der Waals surface area contributed by atoms with Crippen molar-refractivity contribution in [3.63, 3.8) is 0 Å². The number of nitrogens with zero attached hydrogens (tertiary/aromatic N) is 2. The van der Waals surface area contributed by atoms with Crippen LogP contribution in [0.1, 0.15) is 32.8 Å². The summed E-state index contributed by atoms with van der Waals surface area (Å²) in [5, 5.41) is 2.42. The Morgan fingerprint density at radius 1 is 1.06 bits per heavy atom. The van der Waals surface area contributed by atoms with Crippen molar-refractivity contribution in [2.45, 2.75) is 39.0 Å². The number of carbonyl (C=O) groups excluding carboxylic acids is 3. The second-order valence-corrected chi connectivity index (χ2v) is 8.26. The van der Waals surface area contributed by atoms with Gasteiger partial charge in [0, 0.05) is 38.4 Å². The lowest BCUT2D eigenvalue weighted by molar-refractivity contribution is -0.152. The molecule has 178 valence electrons. The van der Waals surface area contributed by atoms with Crippen molar-refractivity contribution in [1.82, 2.24) is 10.2 Å². The van der Waals surface area contributed by atoms with E-state index in [4.69, 9.17) is 9.47 Å². The van der Waals surface area contributed by atoms with Crippen molar-refractivity contribution in [1.29, 1.82) is 0 Å². The van der Waals surface area contributed by atoms with E-state index in [-0.39, 0.29) is 18.9 Å². The van der Waals surface area contributed by atoms with Crippen molar-refractivity contribution in [2.24, 2.45) is 0 Å². The Morgan fingerprint density at radius 2 is 1.72 bits per heavy atom. The molecule has 1 fully saturated rings. The largest absolute Gasteiger partial charge is 0.456 e. The van der Waals surface area contributed by atoms with E-state index in [0.717, 1.165) is 12.1 Å². The molecule has 1 aromatic rings. The predicted molar refractivity (Wildman–Crippen MR) is 110 cm³/mol. The van der Waals surface area contributed by atoms with Crippen LogP contribution < -0.4 is 10.2 Å². The number of alkyl halides is 3. The van der Waals surface area contributed by atoms with Gasteiger partial charge in [-0.3, -0.25) is 9.59 Å². The minimum absolute atomic E-state index is 0.0115. The number of hydrogen-bond donors (Lipinski definition) is 1. The smallest absolute Gasteiger partial charge is 0.416 e. The molecule has 0 bridgehead atoms. The van der Waals surface area contributed by atoms with Gasteiger partial charge in [0.15, 0.2) is 6.61 Å². The fraction of sp³-hybridized carbons (Fsp3) is 0.571. The average Bonchev–Trinajstić information content (AvgIpc) is 2.70. The minimum Gasteiger partial charge on any atom is -0.456 e. The highest BCUT2D eigenvalue weighted by molar-refractivity contribution is 5.81. The van der Waals surface area contributed by atoms with Crippen molar-refractivity contribution in [3.05, 3.63) is 29.8 Å². The summed E-state index contributed by atoms with van der Waals surface area (Å²) in [6, 6.07) is 5.05. The van der Waals surface area contributed by atoms with E-state index in [1.54, 1.807) is 31.7 Å². The number of ether oxygens (including phenoxy) is 2. The van der Waals surface area contributed by atoms with Crippen molar-refractivity contribution >= 4 is 23.7 Å². The second kappa shape index (κ2) is 10.6. The highest BCUT2D eigenvalue weighted by atomic mass is 19.4. The molecule has 0 aliphatic carbocycles. The van der Waals surface area contributed by atoms with Gasteiger partial charge >= 0.3 is 18.2 Å².